The van der Waals surface area contributed by atoms with E-state index in [1.807, 2.05) is 6.07 Å². The highest BCUT2D eigenvalue weighted by atomic mass is 16.5. The predicted molar refractivity (Wildman–Crippen MR) is 60.4 cm³/mol. The molecule has 3 heterocycles. The van der Waals surface area contributed by atoms with Gasteiger partial charge in [0.25, 0.3) is 0 Å². The molecule has 0 spiro atoms. The number of rotatable bonds is 0. The van der Waals surface area contributed by atoms with Crippen LogP contribution in [0.3, 0.4) is 0 Å². The Bertz CT molecular complexity index is 441. The highest BCUT2D eigenvalue weighted by Crippen LogP contribution is 2.33. The molecule has 1 aromatic heterocycles. The fraction of sp³-hybridized carbons (Fsp3) is 0.583. The molecule has 0 saturated carbocycles. The second kappa shape index (κ2) is 4.03. The first kappa shape index (κ1) is 10.1. The van der Waals surface area contributed by atoms with Gasteiger partial charge in [-0.1, -0.05) is 0 Å². The zero-order valence-electron chi connectivity index (χ0n) is 9.16. The van der Waals surface area contributed by atoms with Crippen LogP contribution in [0.1, 0.15) is 23.6 Å². The number of aromatic amines is 1. The number of pyridine rings is 1. The van der Waals surface area contributed by atoms with Crippen molar-refractivity contribution >= 4 is 0 Å². The number of hydrogen-bond acceptors (Lipinski definition) is 3. The number of aromatic nitrogens is 1. The van der Waals surface area contributed by atoms with Crippen LogP contribution in [0.15, 0.2) is 16.9 Å². The fourth-order valence-electron chi connectivity index (χ4n) is 2.78. The summed E-state index contributed by atoms with van der Waals surface area (Å²) in [6, 6.07) is 3.49. The summed E-state index contributed by atoms with van der Waals surface area (Å²) in [6.07, 6.45) is 1.08. The van der Waals surface area contributed by atoms with Gasteiger partial charge in [-0.2, -0.15) is 0 Å². The average Bonchev–Trinajstić information content (AvgIpc) is 2.48. The molecule has 1 fully saturated rings. The molecule has 1 saturated heterocycles. The van der Waals surface area contributed by atoms with E-state index in [-0.39, 0.29) is 5.56 Å². The molecule has 0 aromatic carbocycles. The minimum Gasteiger partial charge on any atom is -0.376 e. The Hall–Kier alpha value is -1.13. The van der Waals surface area contributed by atoms with Crippen LogP contribution in [0.4, 0.5) is 0 Å². The first-order chi connectivity index (χ1) is 7.84. The summed E-state index contributed by atoms with van der Waals surface area (Å²) in [5, 5.41) is 3.39. The molecule has 3 rings (SSSR count). The van der Waals surface area contributed by atoms with Crippen LogP contribution in [0.25, 0.3) is 0 Å². The van der Waals surface area contributed by atoms with Crippen molar-refractivity contribution < 1.29 is 4.74 Å². The maximum Gasteiger partial charge on any atom is 0.248 e. The summed E-state index contributed by atoms with van der Waals surface area (Å²) in [5.74, 6) is 0.945. The monoisotopic (exact) mass is 220 g/mol. The van der Waals surface area contributed by atoms with E-state index >= 15 is 0 Å². The smallest absolute Gasteiger partial charge is 0.248 e. The molecule has 86 valence electrons. The molecule has 4 heteroatoms. The number of nitrogens with one attached hydrogen (secondary N) is 2. The molecule has 1 aromatic rings. The highest BCUT2D eigenvalue weighted by Gasteiger charge is 2.31. The van der Waals surface area contributed by atoms with E-state index in [0.29, 0.717) is 18.4 Å². The first-order valence-electron chi connectivity index (χ1n) is 5.85. The molecule has 2 unspecified atom stereocenters. The SMILES string of the molecule is O=c1ccc2c([nH]1)C1CCNCC1COC2. The summed E-state index contributed by atoms with van der Waals surface area (Å²) in [4.78, 5) is 14.4. The standard InChI is InChI=1S/C12H16N2O2/c15-11-2-1-8-6-16-7-9-5-13-4-3-10(9)12(8)14-11/h1-2,9-10,13H,3-7H2,(H,14,15). The van der Waals surface area contributed by atoms with Crippen molar-refractivity contribution in [2.24, 2.45) is 5.92 Å². The summed E-state index contributed by atoms with van der Waals surface area (Å²) in [6.45, 7) is 3.42. The van der Waals surface area contributed by atoms with Gasteiger partial charge in [-0.25, -0.2) is 0 Å². The number of hydrogen-bond donors (Lipinski definition) is 2. The minimum atomic E-state index is -0.00191. The number of piperidine rings is 1. The van der Waals surface area contributed by atoms with Gasteiger partial charge in [-0.3, -0.25) is 4.79 Å². The molecule has 2 N–H and O–H groups in total. The van der Waals surface area contributed by atoms with E-state index in [4.69, 9.17) is 4.74 Å². The zero-order chi connectivity index (χ0) is 11.0. The van der Waals surface area contributed by atoms with Gasteiger partial charge in [-0.15, -0.1) is 0 Å². The van der Waals surface area contributed by atoms with Gasteiger partial charge in [0.1, 0.15) is 0 Å². The predicted octanol–water partition coefficient (Wildman–Crippen LogP) is 0.598. The summed E-state index contributed by atoms with van der Waals surface area (Å²) in [5.41, 5.74) is 2.25. The Morgan fingerprint density at radius 2 is 2.31 bits per heavy atom. The van der Waals surface area contributed by atoms with Crippen LogP contribution in [0.2, 0.25) is 0 Å². The molecular weight excluding hydrogens is 204 g/mol. The molecule has 2 aliphatic heterocycles. The van der Waals surface area contributed by atoms with Gasteiger partial charge in [0.15, 0.2) is 0 Å². The lowest BCUT2D eigenvalue weighted by Gasteiger charge is -2.30. The Labute approximate surface area is 94.0 Å². The second-order valence-electron chi connectivity index (χ2n) is 4.64. The largest absolute Gasteiger partial charge is 0.376 e. The maximum atomic E-state index is 11.4. The van der Waals surface area contributed by atoms with Crippen LogP contribution < -0.4 is 10.9 Å². The van der Waals surface area contributed by atoms with Crippen LogP contribution in [0, 0.1) is 5.92 Å². The molecule has 4 nitrogen and oxygen atoms in total. The summed E-state index contributed by atoms with van der Waals surface area (Å²) >= 11 is 0. The average molecular weight is 220 g/mol. The molecule has 0 bridgehead atoms. The summed E-state index contributed by atoms with van der Waals surface area (Å²) in [7, 11) is 0. The van der Waals surface area contributed by atoms with Gasteiger partial charge >= 0.3 is 0 Å². The zero-order valence-corrected chi connectivity index (χ0v) is 9.16. The van der Waals surface area contributed by atoms with Gasteiger partial charge in [0.05, 0.1) is 13.2 Å². The van der Waals surface area contributed by atoms with Crippen molar-refractivity contribution in [1.82, 2.24) is 10.3 Å². The third-order valence-corrected chi connectivity index (χ3v) is 3.61. The molecule has 2 aliphatic rings. The van der Waals surface area contributed by atoms with E-state index in [1.165, 1.54) is 0 Å². The van der Waals surface area contributed by atoms with Gasteiger partial charge in [0.2, 0.25) is 5.56 Å². The van der Waals surface area contributed by atoms with Crippen LogP contribution in [0.5, 0.6) is 0 Å². The number of fused-ring (bicyclic) bond motifs is 3. The van der Waals surface area contributed by atoms with Crippen molar-refractivity contribution in [2.75, 3.05) is 19.7 Å². The van der Waals surface area contributed by atoms with E-state index in [2.05, 4.69) is 10.3 Å². The van der Waals surface area contributed by atoms with Crippen molar-refractivity contribution in [3.8, 4) is 0 Å². The Morgan fingerprint density at radius 3 is 3.25 bits per heavy atom. The fourth-order valence-corrected chi connectivity index (χ4v) is 2.78. The van der Waals surface area contributed by atoms with Crippen molar-refractivity contribution in [3.63, 3.8) is 0 Å². The first-order valence-corrected chi connectivity index (χ1v) is 5.85. The normalized spacial score (nSPS) is 29.0. The van der Waals surface area contributed by atoms with Crippen LogP contribution in [-0.4, -0.2) is 24.7 Å². The van der Waals surface area contributed by atoms with E-state index in [9.17, 15) is 4.79 Å². The maximum absolute atomic E-state index is 11.4. The number of ether oxygens (including phenoxy) is 1. The quantitative estimate of drug-likeness (QED) is 0.673. The van der Waals surface area contributed by atoms with Crippen molar-refractivity contribution in [3.05, 3.63) is 33.7 Å². The van der Waals surface area contributed by atoms with E-state index in [1.54, 1.807) is 6.07 Å². The third-order valence-electron chi connectivity index (χ3n) is 3.61. The third kappa shape index (κ3) is 1.68. The van der Waals surface area contributed by atoms with E-state index < -0.39 is 0 Å². The number of H-pyrrole nitrogens is 1. The van der Waals surface area contributed by atoms with E-state index in [0.717, 1.165) is 37.4 Å². The lowest BCUT2D eigenvalue weighted by molar-refractivity contribution is 0.0811. The lowest BCUT2D eigenvalue weighted by atomic mass is 9.83. The van der Waals surface area contributed by atoms with Gasteiger partial charge < -0.3 is 15.0 Å². The Morgan fingerprint density at radius 1 is 1.38 bits per heavy atom. The highest BCUT2D eigenvalue weighted by molar-refractivity contribution is 5.25. The Kier molecular flexibility index (Phi) is 2.53. The Balaban J connectivity index is 2.05. The van der Waals surface area contributed by atoms with Crippen molar-refractivity contribution in [1.29, 1.82) is 0 Å². The van der Waals surface area contributed by atoms with Crippen LogP contribution in [-0.2, 0) is 11.3 Å². The molecule has 2 atom stereocenters. The second-order valence-corrected chi connectivity index (χ2v) is 4.64. The molecular formula is C12H16N2O2. The van der Waals surface area contributed by atoms with Gasteiger partial charge in [-0.05, 0) is 24.6 Å². The van der Waals surface area contributed by atoms with Crippen molar-refractivity contribution in [2.45, 2.75) is 18.9 Å². The minimum absolute atomic E-state index is 0.00191. The van der Waals surface area contributed by atoms with Gasteiger partial charge in [0, 0.05) is 30.1 Å². The molecule has 16 heavy (non-hydrogen) atoms. The molecule has 0 aliphatic carbocycles. The topological polar surface area (TPSA) is 54.1 Å². The molecule has 0 radical (unpaired) electrons. The summed E-state index contributed by atoms with van der Waals surface area (Å²) < 4.78 is 5.67. The molecule has 0 amide bonds. The lowest BCUT2D eigenvalue weighted by Crippen LogP contribution is -2.37. The van der Waals surface area contributed by atoms with Crippen LogP contribution >= 0.6 is 0 Å².